The molecular formula is C22H22O4. The van der Waals surface area contributed by atoms with E-state index in [4.69, 9.17) is 9.47 Å². The molecule has 2 aromatic rings. The van der Waals surface area contributed by atoms with Crippen molar-refractivity contribution in [2.75, 3.05) is 14.2 Å². The van der Waals surface area contributed by atoms with Gasteiger partial charge in [0.05, 0.1) is 0 Å². The number of methoxy groups -OCH3 is 2. The molecule has 4 rings (SSSR count). The summed E-state index contributed by atoms with van der Waals surface area (Å²) in [5, 5.41) is 22.9. The monoisotopic (exact) mass is 350 g/mol. The number of hydrogen-bond donors (Lipinski definition) is 2. The van der Waals surface area contributed by atoms with Gasteiger partial charge in [0.15, 0.2) is 11.6 Å². The Balaban J connectivity index is 1.85. The van der Waals surface area contributed by atoms with E-state index < -0.39 is 23.4 Å². The second-order valence-electron chi connectivity index (χ2n) is 6.75. The highest BCUT2D eigenvalue weighted by Crippen LogP contribution is 2.50. The summed E-state index contributed by atoms with van der Waals surface area (Å²) < 4.78 is 11.2. The molecule has 0 saturated carbocycles. The second kappa shape index (κ2) is 6.18. The van der Waals surface area contributed by atoms with Gasteiger partial charge in [0.2, 0.25) is 0 Å². The van der Waals surface area contributed by atoms with Crippen molar-refractivity contribution in [2.24, 2.45) is 11.8 Å². The van der Waals surface area contributed by atoms with Crippen LogP contribution in [0.15, 0.2) is 60.7 Å². The molecule has 0 heterocycles. The fourth-order valence-electron chi connectivity index (χ4n) is 4.19. The van der Waals surface area contributed by atoms with Crippen molar-refractivity contribution in [3.05, 3.63) is 82.9 Å². The van der Waals surface area contributed by atoms with Crippen LogP contribution < -0.4 is 0 Å². The van der Waals surface area contributed by atoms with Crippen LogP contribution in [0.4, 0.5) is 0 Å². The molecule has 2 N–H and O–H groups in total. The van der Waals surface area contributed by atoms with Crippen LogP contribution in [0.25, 0.3) is 12.2 Å². The molecule has 4 heteroatoms. The standard InChI is InChI=1S/C22H22O4/c1-25-21(23)17-9-5-3-7-15(17)11-13-19(21)20-14-12-16-8-4-6-10-18(16)22(20,24)26-2/h3-14,19-20,23-24H,1-2H3. The average molecular weight is 350 g/mol. The van der Waals surface area contributed by atoms with Crippen LogP contribution in [0.5, 0.6) is 0 Å². The summed E-state index contributed by atoms with van der Waals surface area (Å²) in [7, 11) is 2.96. The van der Waals surface area contributed by atoms with E-state index in [2.05, 4.69) is 0 Å². The first kappa shape index (κ1) is 17.2. The van der Waals surface area contributed by atoms with Crippen molar-refractivity contribution < 1.29 is 19.7 Å². The Bertz CT molecular complexity index is 814. The summed E-state index contributed by atoms with van der Waals surface area (Å²) in [6.07, 6.45) is 7.69. The van der Waals surface area contributed by atoms with E-state index in [1.807, 2.05) is 72.8 Å². The van der Waals surface area contributed by atoms with Crippen LogP contribution in [0, 0.1) is 11.8 Å². The number of fused-ring (bicyclic) bond motifs is 2. The first-order valence-electron chi connectivity index (χ1n) is 8.65. The van der Waals surface area contributed by atoms with Crippen molar-refractivity contribution in [3.8, 4) is 0 Å². The smallest absolute Gasteiger partial charge is 0.199 e. The van der Waals surface area contributed by atoms with Crippen LogP contribution in [-0.2, 0) is 21.0 Å². The van der Waals surface area contributed by atoms with Gasteiger partial charge in [0.1, 0.15) is 0 Å². The van der Waals surface area contributed by atoms with E-state index in [1.54, 1.807) is 0 Å². The van der Waals surface area contributed by atoms with E-state index in [-0.39, 0.29) is 0 Å². The number of rotatable bonds is 3. The first-order valence-corrected chi connectivity index (χ1v) is 8.65. The Morgan fingerprint density at radius 2 is 1.08 bits per heavy atom. The van der Waals surface area contributed by atoms with E-state index in [0.717, 1.165) is 11.1 Å². The highest BCUT2D eigenvalue weighted by Gasteiger charge is 2.53. The maximum Gasteiger partial charge on any atom is 0.199 e. The predicted octanol–water partition coefficient (Wildman–Crippen LogP) is 3.26. The summed E-state index contributed by atoms with van der Waals surface area (Å²) in [4.78, 5) is 0. The topological polar surface area (TPSA) is 58.9 Å². The van der Waals surface area contributed by atoms with E-state index in [9.17, 15) is 10.2 Å². The van der Waals surface area contributed by atoms with Crippen LogP contribution in [0.1, 0.15) is 22.3 Å². The molecular weight excluding hydrogens is 328 g/mol. The Morgan fingerprint density at radius 3 is 1.46 bits per heavy atom. The van der Waals surface area contributed by atoms with E-state index in [0.29, 0.717) is 11.1 Å². The molecule has 0 fully saturated rings. The van der Waals surface area contributed by atoms with Crippen LogP contribution in [-0.4, -0.2) is 24.4 Å². The Morgan fingerprint density at radius 1 is 0.692 bits per heavy atom. The van der Waals surface area contributed by atoms with Gasteiger partial charge in [-0.2, -0.15) is 0 Å². The van der Waals surface area contributed by atoms with Crippen molar-refractivity contribution >= 4 is 12.2 Å². The average Bonchev–Trinajstić information content (AvgIpc) is 2.69. The summed E-state index contributed by atoms with van der Waals surface area (Å²) >= 11 is 0. The molecule has 26 heavy (non-hydrogen) atoms. The number of hydrogen-bond acceptors (Lipinski definition) is 4. The molecule has 2 aliphatic rings. The highest BCUT2D eigenvalue weighted by molar-refractivity contribution is 5.62. The van der Waals surface area contributed by atoms with Gasteiger partial charge in [-0.05, 0) is 11.1 Å². The van der Waals surface area contributed by atoms with Crippen molar-refractivity contribution in [2.45, 2.75) is 11.6 Å². The van der Waals surface area contributed by atoms with Gasteiger partial charge in [-0.25, -0.2) is 0 Å². The third-order valence-corrected chi connectivity index (χ3v) is 5.57. The molecule has 0 saturated heterocycles. The molecule has 0 bridgehead atoms. The van der Waals surface area contributed by atoms with Gasteiger partial charge in [0.25, 0.3) is 0 Å². The third kappa shape index (κ3) is 2.31. The molecule has 0 spiro atoms. The molecule has 2 aliphatic carbocycles. The van der Waals surface area contributed by atoms with Gasteiger partial charge in [-0.3, -0.25) is 0 Å². The normalized spacial score (nSPS) is 32.2. The predicted molar refractivity (Wildman–Crippen MR) is 99.7 cm³/mol. The Hall–Kier alpha value is -2.24. The van der Waals surface area contributed by atoms with Crippen molar-refractivity contribution in [1.29, 1.82) is 0 Å². The zero-order chi connectivity index (χ0) is 18.4. The van der Waals surface area contributed by atoms with Gasteiger partial charge in [-0.15, -0.1) is 0 Å². The van der Waals surface area contributed by atoms with Crippen molar-refractivity contribution in [3.63, 3.8) is 0 Å². The lowest BCUT2D eigenvalue weighted by Gasteiger charge is -2.46. The summed E-state index contributed by atoms with van der Waals surface area (Å²) in [6, 6.07) is 15.1. The van der Waals surface area contributed by atoms with Crippen LogP contribution >= 0.6 is 0 Å². The SMILES string of the molecule is COC1(O)c2ccccc2C=CC1C1C=Cc2ccccc2C1(O)OC. The third-order valence-electron chi connectivity index (χ3n) is 5.57. The van der Waals surface area contributed by atoms with Crippen LogP contribution in [0.2, 0.25) is 0 Å². The molecule has 0 aliphatic heterocycles. The van der Waals surface area contributed by atoms with Gasteiger partial charge in [0, 0.05) is 37.2 Å². The lowest BCUT2D eigenvalue weighted by Crippen LogP contribution is -2.50. The summed E-state index contributed by atoms with van der Waals surface area (Å²) in [6.45, 7) is 0. The number of ether oxygens (including phenoxy) is 2. The lowest BCUT2D eigenvalue weighted by atomic mass is 9.69. The lowest BCUT2D eigenvalue weighted by molar-refractivity contribution is -0.281. The number of aliphatic hydroxyl groups is 2. The zero-order valence-corrected chi connectivity index (χ0v) is 14.8. The first-order chi connectivity index (χ1) is 12.5. The maximum atomic E-state index is 11.4. The minimum Gasteiger partial charge on any atom is -0.361 e. The van der Waals surface area contributed by atoms with E-state index >= 15 is 0 Å². The van der Waals surface area contributed by atoms with Gasteiger partial charge in [-0.1, -0.05) is 72.8 Å². The largest absolute Gasteiger partial charge is 0.361 e. The minimum atomic E-state index is -1.57. The quantitative estimate of drug-likeness (QED) is 0.835. The molecule has 4 unspecified atom stereocenters. The maximum absolute atomic E-state index is 11.4. The Labute approximate surface area is 153 Å². The molecule has 0 amide bonds. The molecule has 4 nitrogen and oxygen atoms in total. The van der Waals surface area contributed by atoms with Gasteiger partial charge < -0.3 is 19.7 Å². The molecule has 0 radical (unpaired) electrons. The molecule has 2 aromatic carbocycles. The summed E-state index contributed by atoms with van der Waals surface area (Å²) in [5.74, 6) is -4.20. The summed E-state index contributed by atoms with van der Waals surface area (Å²) in [5.41, 5.74) is 3.16. The molecule has 134 valence electrons. The Kier molecular flexibility index (Phi) is 4.09. The number of benzene rings is 2. The molecule has 4 atom stereocenters. The zero-order valence-electron chi connectivity index (χ0n) is 14.8. The highest BCUT2D eigenvalue weighted by atomic mass is 16.6. The molecule has 0 aromatic heterocycles. The van der Waals surface area contributed by atoms with E-state index in [1.165, 1.54) is 14.2 Å². The fourth-order valence-corrected chi connectivity index (χ4v) is 4.19. The van der Waals surface area contributed by atoms with Crippen molar-refractivity contribution in [1.82, 2.24) is 0 Å². The second-order valence-corrected chi connectivity index (χ2v) is 6.75. The minimum absolute atomic E-state index is 0.531. The fraction of sp³-hybridized carbons (Fsp3) is 0.273. The van der Waals surface area contributed by atoms with Gasteiger partial charge >= 0.3 is 0 Å². The van der Waals surface area contributed by atoms with Crippen LogP contribution in [0.3, 0.4) is 0 Å².